The Morgan fingerprint density at radius 1 is 0.786 bits per heavy atom. The van der Waals surface area contributed by atoms with Crippen LogP contribution in [-0.4, -0.2) is 11.6 Å². The van der Waals surface area contributed by atoms with E-state index in [9.17, 15) is 9.59 Å². The molecule has 28 heavy (non-hydrogen) atoms. The molecule has 0 amide bonds. The van der Waals surface area contributed by atoms with Crippen LogP contribution in [0.3, 0.4) is 0 Å². The number of carbonyl (C=O) groups excluding carboxylic acids is 2. The number of fused-ring (bicyclic) bond motifs is 1. The van der Waals surface area contributed by atoms with Crippen molar-refractivity contribution in [1.82, 2.24) is 0 Å². The Labute approximate surface area is 181 Å². The highest BCUT2D eigenvalue weighted by atomic mass is 32.2. The topological polar surface area (TPSA) is 34.1 Å². The van der Waals surface area contributed by atoms with Gasteiger partial charge in [-0.15, -0.1) is 22.7 Å². The maximum Gasteiger partial charge on any atom is 0.208 e. The number of thioether (sulfide) groups is 2. The molecule has 0 bridgehead atoms. The standard InChI is InChI=1S/C22H18O2S4/c1-22(2,3)13-8-9-14-17(12-13)28-21(27-14)18(19(23)15-6-4-10-25-15)20(24)16-7-5-11-26-16/h4-12H,1-3H3. The van der Waals surface area contributed by atoms with Crippen LogP contribution < -0.4 is 0 Å². The minimum Gasteiger partial charge on any atom is -0.287 e. The fourth-order valence-electron chi connectivity index (χ4n) is 2.81. The molecular formula is C22H18O2S4. The van der Waals surface area contributed by atoms with Crippen LogP contribution in [0.15, 0.2) is 72.8 Å². The Hall–Kier alpha value is -1.60. The van der Waals surface area contributed by atoms with Gasteiger partial charge < -0.3 is 0 Å². The number of hydrogen-bond acceptors (Lipinski definition) is 6. The number of allylic oxidation sites excluding steroid dienone is 1. The van der Waals surface area contributed by atoms with E-state index in [1.54, 1.807) is 12.1 Å². The van der Waals surface area contributed by atoms with E-state index in [1.165, 1.54) is 51.8 Å². The van der Waals surface area contributed by atoms with Gasteiger partial charge in [-0.25, -0.2) is 0 Å². The molecule has 3 aromatic rings. The van der Waals surface area contributed by atoms with Gasteiger partial charge in [0.05, 0.1) is 19.6 Å². The maximum atomic E-state index is 13.2. The lowest BCUT2D eigenvalue weighted by Crippen LogP contribution is -2.13. The second-order valence-corrected chi connectivity index (χ2v) is 11.6. The van der Waals surface area contributed by atoms with Gasteiger partial charge in [0.2, 0.25) is 11.6 Å². The van der Waals surface area contributed by atoms with E-state index in [-0.39, 0.29) is 22.6 Å². The maximum absolute atomic E-state index is 13.2. The van der Waals surface area contributed by atoms with Crippen molar-refractivity contribution in [3.63, 3.8) is 0 Å². The largest absolute Gasteiger partial charge is 0.287 e. The first kappa shape index (κ1) is 19.7. The van der Waals surface area contributed by atoms with Gasteiger partial charge in [0, 0.05) is 9.79 Å². The Morgan fingerprint density at radius 3 is 1.86 bits per heavy atom. The number of Topliss-reactive ketones (excluding diaryl/α,β-unsaturated/α-hetero) is 2. The molecule has 0 fully saturated rings. The summed E-state index contributed by atoms with van der Waals surface area (Å²) in [6, 6.07) is 13.7. The van der Waals surface area contributed by atoms with Crippen molar-refractivity contribution in [2.45, 2.75) is 36.0 Å². The molecule has 142 valence electrons. The third kappa shape index (κ3) is 3.79. The van der Waals surface area contributed by atoms with Crippen molar-refractivity contribution in [2.24, 2.45) is 0 Å². The van der Waals surface area contributed by atoms with E-state index < -0.39 is 0 Å². The van der Waals surface area contributed by atoms with Crippen LogP contribution in [0.25, 0.3) is 0 Å². The van der Waals surface area contributed by atoms with E-state index in [0.717, 1.165) is 14.0 Å². The molecule has 4 rings (SSSR count). The number of ketones is 2. The summed E-state index contributed by atoms with van der Waals surface area (Å²) in [5.74, 6) is -0.375. The van der Waals surface area contributed by atoms with Gasteiger partial charge in [-0.2, -0.15) is 0 Å². The molecule has 1 aliphatic rings. The van der Waals surface area contributed by atoms with Crippen LogP contribution in [0.5, 0.6) is 0 Å². The number of carbonyl (C=O) groups is 2. The third-order valence-corrected chi connectivity index (χ3v) is 8.64. The molecule has 0 saturated carbocycles. The summed E-state index contributed by atoms with van der Waals surface area (Å²) in [6.45, 7) is 6.55. The summed E-state index contributed by atoms with van der Waals surface area (Å²) in [5, 5.41) is 3.73. The molecule has 1 aromatic carbocycles. The smallest absolute Gasteiger partial charge is 0.208 e. The Bertz CT molecular complexity index is 1020. The predicted molar refractivity (Wildman–Crippen MR) is 121 cm³/mol. The molecule has 1 aliphatic heterocycles. The van der Waals surface area contributed by atoms with Crippen molar-refractivity contribution in [3.8, 4) is 0 Å². The lowest BCUT2D eigenvalue weighted by atomic mass is 9.87. The van der Waals surface area contributed by atoms with Gasteiger partial charge in [0.1, 0.15) is 0 Å². The summed E-state index contributed by atoms with van der Waals surface area (Å²) < 4.78 is 0.776. The first-order valence-corrected chi connectivity index (χ1v) is 12.1. The highest BCUT2D eigenvalue weighted by molar-refractivity contribution is 8.24. The van der Waals surface area contributed by atoms with Crippen LogP contribution in [-0.2, 0) is 5.41 Å². The Kier molecular flexibility index (Phi) is 5.40. The molecule has 3 heterocycles. The molecular weight excluding hydrogens is 425 g/mol. The number of hydrogen-bond donors (Lipinski definition) is 0. The van der Waals surface area contributed by atoms with Gasteiger partial charge in [-0.3, -0.25) is 9.59 Å². The molecule has 0 spiro atoms. The molecule has 0 aliphatic carbocycles. The van der Waals surface area contributed by atoms with Crippen molar-refractivity contribution in [3.05, 3.63) is 78.4 Å². The molecule has 0 N–H and O–H groups in total. The van der Waals surface area contributed by atoms with Crippen LogP contribution in [0, 0.1) is 0 Å². The fourth-order valence-corrected chi connectivity index (χ4v) is 6.73. The average Bonchev–Trinajstić information content (AvgIpc) is 3.40. The molecule has 0 unspecified atom stereocenters. The van der Waals surface area contributed by atoms with E-state index >= 15 is 0 Å². The lowest BCUT2D eigenvalue weighted by Gasteiger charge is -2.19. The SMILES string of the molecule is CC(C)(C)c1ccc2c(c1)SC(=C(C(=O)c1cccs1)C(=O)c1cccs1)S2. The first-order valence-electron chi connectivity index (χ1n) is 8.75. The van der Waals surface area contributed by atoms with E-state index in [2.05, 4.69) is 39.0 Å². The highest BCUT2D eigenvalue weighted by Crippen LogP contribution is 2.53. The molecule has 2 aromatic heterocycles. The number of thiophene rings is 2. The lowest BCUT2D eigenvalue weighted by molar-refractivity contribution is 0.0967. The molecule has 0 radical (unpaired) electrons. The molecule has 0 saturated heterocycles. The quantitative estimate of drug-likeness (QED) is 0.184. The third-order valence-electron chi connectivity index (χ3n) is 4.36. The van der Waals surface area contributed by atoms with E-state index in [1.807, 2.05) is 22.9 Å². The zero-order valence-corrected chi connectivity index (χ0v) is 18.9. The Morgan fingerprint density at radius 2 is 1.36 bits per heavy atom. The zero-order chi connectivity index (χ0) is 19.9. The van der Waals surface area contributed by atoms with Gasteiger partial charge in [0.15, 0.2) is 0 Å². The normalized spacial score (nSPS) is 13.5. The minimum atomic E-state index is -0.188. The summed E-state index contributed by atoms with van der Waals surface area (Å²) in [7, 11) is 0. The molecule has 0 atom stereocenters. The number of rotatable bonds is 4. The first-order chi connectivity index (χ1) is 13.3. The van der Waals surface area contributed by atoms with Crippen LogP contribution >= 0.6 is 46.2 Å². The van der Waals surface area contributed by atoms with Crippen LogP contribution in [0.4, 0.5) is 0 Å². The second kappa shape index (κ2) is 7.67. The van der Waals surface area contributed by atoms with Gasteiger partial charge in [0.25, 0.3) is 0 Å². The second-order valence-electron chi connectivity index (χ2n) is 7.39. The predicted octanol–water partition coefficient (Wildman–Crippen LogP) is 7.28. The molecule has 2 nitrogen and oxygen atoms in total. The average molecular weight is 443 g/mol. The van der Waals surface area contributed by atoms with Crippen molar-refractivity contribution in [2.75, 3.05) is 0 Å². The van der Waals surface area contributed by atoms with Crippen LogP contribution in [0.1, 0.15) is 45.7 Å². The van der Waals surface area contributed by atoms with E-state index in [4.69, 9.17) is 0 Å². The number of benzene rings is 1. The molecule has 6 heteroatoms. The Balaban J connectivity index is 1.79. The summed E-state index contributed by atoms with van der Waals surface area (Å²) in [5.41, 5.74) is 1.58. The van der Waals surface area contributed by atoms with E-state index in [0.29, 0.717) is 9.75 Å². The van der Waals surface area contributed by atoms with Crippen LogP contribution in [0.2, 0.25) is 0 Å². The summed E-state index contributed by atoms with van der Waals surface area (Å²) >= 11 is 5.80. The summed E-state index contributed by atoms with van der Waals surface area (Å²) in [6.07, 6.45) is 0. The van der Waals surface area contributed by atoms with Crippen molar-refractivity contribution < 1.29 is 9.59 Å². The van der Waals surface area contributed by atoms with Crippen molar-refractivity contribution >= 4 is 57.8 Å². The highest BCUT2D eigenvalue weighted by Gasteiger charge is 2.31. The van der Waals surface area contributed by atoms with Gasteiger partial charge in [-0.05, 0) is 46.0 Å². The zero-order valence-electron chi connectivity index (χ0n) is 15.6. The van der Waals surface area contributed by atoms with Gasteiger partial charge >= 0.3 is 0 Å². The van der Waals surface area contributed by atoms with Gasteiger partial charge in [-0.1, -0.05) is 62.5 Å². The fraction of sp³-hybridized carbons (Fsp3) is 0.182. The minimum absolute atomic E-state index is 0.0507. The monoisotopic (exact) mass is 442 g/mol. The summed E-state index contributed by atoms with van der Waals surface area (Å²) in [4.78, 5) is 29.8. The van der Waals surface area contributed by atoms with Crippen molar-refractivity contribution in [1.29, 1.82) is 0 Å².